The third-order valence-corrected chi connectivity index (χ3v) is 5.22. The summed E-state index contributed by atoms with van der Waals surface area (Å²) in [5, 5.41) is 0. The highest BCUT2D eigenvalue weighted by atomic mass is 16.5. The zero-order chi connectivity index (χ0) is 17.8. The number of hydrogen-bond acceptors (Lipinski definition) is 5. The molecule has 3 rings (SSSR count). The molecule has 0 saturated carbocycles. The zero-order valence-electron chi connectivity index (χ0n) is 14.9. The summed E-state index contributed by atoms with van der Waals surface area (Å²) in [5.41, 5.74) is 1.16. The van der Waals surface area contributed by atoms with Gasteiger partial charge in [-0.1, -0.05) is 30.3 Å². The van der Waals surface area contributed by atoms with Gasteiger partial charge >= 0.3 is 5.97 Å². The van der Waals surface area contributed by atoms with Crippen molar-refractivity contribution in [2.75, 3.05) is 46.5 Å². The second-order valence-corrected chi connectivity index (χ2v) is 6.63. The van der Waals surface area contributed by atoms with Gasteiger partial charge < -0.3 is 14.4 Å². The Hall–Kier alpha value is -1.92. The first kappa shape index (κ1) is 17.9. The van der Waals surface area contributed by atoms with Crippen LogP contribution in [0.1, 0.15) is 18.4 Å². The molecule has 6 heteroatoms. The van der Waals surface area contributed by atoms with E-state index in [1.807, 2.05) is 30.0 Å². The quantitative estimate of drug-likeness (QED) is 0.748. The Labute approximate surface area is 148 Å². The molecule has 2 aliphatic heterocycles. The molecule has 0 bridgehead atoms. The van der Waals surface area contributed by atoms with Gasteiger partial charge in [0.05, 0.1) is 12.5 Å². The topological polar surface area (TPSA) is 59.1 Å². The van der Waals surface area contributed by atoms with Crippen LogP contribution in [0.15, 0.2) is 30.3 Å². The van der Waals surface area contributed by atoms with Gasteiger partial charge in [-0.2, -0.15) is 0 Å². The summed E-state index contributed by atoms with van der Waals surface area (Å²) in [5.74, 6) is -0.332. The number of nitrogens with zero attached hydrogens (tertiary/aromatic N) is 2. The van der Waals surface area contributed by atoms with Crippen LogP contribution in [0.3, 0.4) is 0 Å². The number of hydrogen-bond donors (Lipinski definition) is 0. The Balaban J connectivity index is 1.83. The van der Waals surface area contributed by atoms with E-state index < -0.39 is 0 Å². The van der Waals surface area contributed by atoms with Gasteiger partial charge in [0.25, 0.3) is 0 Å². The molecule has 1 amide bonds. The van der Waals surface area contributed by atoms with Crippen LogP contribution in [0.25, 0.3) is 0 Å². The number of esters is 1. The summed E-state index contributed by atoms with van der Waals surface area (Å²) in [6.45, 7) is 5.11. The summed E-state index contributed by atoms with van der Waals surface area (Å²) in [6, 6.07) is 10.1. The van der Waals surface area contributed by atoms with E-state index in [2.05, 4.69) is 17.0 Å². The molecule has 0 radical (unpaired) electrons. The summed E-state index contributed by atoms with van der Waals surface area (Å²) < 4.78 is 10.4. The molecule has 136 valence electrons. The number of carbonyl (C=O) groups is 2. The summed E-state index contributed by atoms with van der Waals surface area (Å²) in [7, 11) is 1.52. The van der Waals surface area contributed by atoms with Crippen molar-refractivity contribution in [3.05, 3.63) is 35.9 Å². The monoisotopic (exact) mass is 346 g/mol. The van der Waals surface area contributed by atoms with Crippen LogP contribution in [0.5, 0.6) is 0 Å². The van der Waals surface area contributed by atoms with Crippen LogP contribution in [0.2, 0.25) is 0 Å². The van der Waals surface area contributed by atoms with Crippen molar-refractivity contribution in [3.63, 3.8) is 0 Å². The van der Waals surface area contributed by atoms with Crippen LogP contribution in [-0.2, 0) is 19.1 Å². The highest BCUT2D eigenvalue weighted by Crippen LogP contribution is 2.39. The predicted octanol–water partition coefficient (Wildman–Crippen LogP) is 1.12. The summed E-state index contributed by atoms with van der Waals surface area (Å²) in [6.07, 6.45) is 0. The molecule has 6 nitrogen and oxygen atoms in total. The Morgan fingerprint density at radius 3 is 2.60 bits per heavy atom. The lowest BCUT2D eigenvalue weighted by Gasteiger charge is -2.38. The van der Waals surface area contributed by atoms with E-state index in [1.165, 1.54) is 7.11 Å². The van der Waals surface area contributed by atoms with E-state index in [-0.39, 0.29) is 36.4 Å². The summed E-state index contributed by atoms with van der Waals surface area (Å²) in [4.78, 5) is 29.1. The zero-order valence-corrected chi connectivity index (χ0v) is 14.9. The van der Waals surface area contributed by atoms with Gasteiger partial charge in [0.15, 0.2) is 0 Å². The predicted molar refractivity (Wildman–Crippen MR) is 93.1 cm³/mol. The van der Waals surface area contributed by atoms with E-state index in [0.29, 0.717) is 19.7 Å². The van der Waals surface area contributed by atoms with Crippen molar-refractivity contribution in [2.24, 2.45) is 5.92 Å². The van der Waals surface area contributed by atoms with E-state index in [4.69, 9.17) is 9.47 Å². The number of piperazine rings is 1. The fraction of sp³-hybridized carbons (Fsp3) is 0.579. The van der Waals surface area contributed by atoms with Crippen molar-refractivity contribution in [3.8, 4) is 0 Å². The Morgan fingerprint density at radius 2 is 1.92 bits per heavy atom. The minimum atomic E-state index is -0.250. The van der Waals surface area contributed by atoms with Crippen molar-refractivity contribution in [2.45, 2.75) is 18.9 Å². The highest BCUT2D eigenvalue weighted by Gasteiger charge is 2.49. The average molecular weight is 346 g/mol. The normalized spacial score (nSPS) is 26.3. The van der Waals surface area contributed by atoms with Crippen LogP contribution in [-0.4, -0.2) is 74.2 Å². The molecule has 0 spiro atoms. The molecule has 1 aromatic carbocycles. The molecule has 2 saturated heterocycles. The summed E-state index contributed by atoms with van der Waals surface area (Å²) >= 11 is 0. The minimum Gasteiger partial charge on any atom is -0.466 e. The third-order valence-electron chi connectivity index (χ3n) is 5.22. The van der Waals surface area contributed by atoms with Crippen molar-refractivity contribution in [1.82, 2.24) is 9.80 Å². The highest BCUT2D eigenvalue weighted by molar-refractivity contribution is 5.78. The fourth-order valence-electron chi connectivity index (χ4n) is 4.06. The lowest BCUT2D eigenvalue weighted by molar-refractivity contribution is -0.151. The van der Waals surface area contributed by atoms with Crippen molar-refractivity contribution in [1.29, 1.82) is 0 Å². The van der Waals surface area contributed by atoms with Crippen LogP contribution < -0.4 is 0 Å². The molecule has 2 heterocycles. The molecule has 0 N–H and O–H groups in total. The number of carbonyl (C=O) groups excluding carboxylic acids is 2. The second-order valence-electron chi connectivity index (χ2n) is 6.63. The molecule has 1 aromatic rings. The van der Waals surface area contributed by atoms with Crippen LogP contribution >= 0.6 is 0 Å². The van der Waals surface area contributed by atoms with Gasteiger partial charge in [0, 0.05) is 45.2 Å². The first-order valence-electron chi connectivity index (χ1n) is 8.88. The first-order valence-corrected chi connectivity index (χ1v) is 8.88. The number of rotatable bonds is 5. The molecule has 25 heavy (non-hydrogen) atoms. The maximum atomic E-state index is 12.7. The number of amides is 1. The van der Waals surface area contributed by atoms with E-state index in [1.54, 1.807) is 0 Å². The molecule has 0 unspecified atom stereocenters. The van der Waals surface area contributed by atoms with Crippen molar-refractivity contribution >= 4 is 11.9 Å². The molecule has 2 fully saturated rings. The Kier molecular flexibility index (Phi) is 5.71. The van der Waals surface area contributed by atoms with Gasteiger partial charge in [-0.15, -0.1) is 0 Å². The molecule has 3 atom stereocenters. The van der Waals surface area contributed by atoms with Gasteiger partial charge in [0.2, 0.25) is 5.91 Å². The standard InChI is InChI=1S/C19H26N2O4/c1-3-25-19(23)18-15(14-7-5-4-6-8-14)11-20-9-10-21(12-16(18)20)17(22)13-24-2/h4-8,15-16,18H,3,9-13H2,1-2H3/t15-,16+,18-/m0/s1. The largest absolute Gasteiger partial charge is 0.466 e. The number of fused-ring (bicyclic) bond motifs is 1. The minimum absolute atomic E-state index is 0.00110. The van der Waals surface area contributed by atoms with Gasteiger partial charge in [0.1, 0.15) is 6.61 Å². The van der Waals surface area contributed by atoms with Crippen LogP contribution in [0, 0.1) is 5.92 Å². The molecule has 2 aliphatic rings. The second kappa shape index (κ2) is 7.97. The average Bonchev–Trinajstić information content (AvgIpc) is 3.01. The number of methoxy groups -OCH3 is 1. The molecule has 0 aromatic heterocycles. The number of ether oxygens (including phenoxy) is 2. The third kappa shape index (κ3) is 3.70. The number of benzene rings is 1. The lowest BCUT2D eigenvalue weighted by Crippen LogP contribution is -2.55. The maximum absolute atomic E-state index is 12.7. The molecular formula is C19H26N2O4. The molecule has 0 aliphatic carbocycles. The smallest absolute Gasteiger partial charge is 0.311 e. The fourth-order valence-corrected chi connectivity index (χ4v) is 4.06. The first-order chi connectivity index (χ1) is 12.2. The van der Waals surface area contributed by atoms with E-state index >= 15 is 0 Å². The van der Waals surface area contributed by atoms with Gasteiger partial charge in [-0.25, -0.2) is 0 Å². The SMILES string of the molecule is CCOC(=O)[C@@H]1[C@H]2CN(C(=O)COC)CCN2C[C@H]1c1ccccc1. The van der Waals surface area contributed by atoms with Gasteiger partial charge in [-0.3, -0.25) is 14.5 Å². The van der Waals surface area contributed by atoms with Gasteiger partial charge in [-0.05, 0) is 12.5 Å². The van der Waals surface area contributed by atoms with Crippen molar-refractivity contribution < 1.29 is 19.1 Å². The lowest BCUT2D eigenvalue weighted by atomic mass is 9.85. The van der Waals surface area contributed by atoms with Crippen LogP contribution in [0.4, 0.5) is 0 Å². The molecular weight excluding hydrogens is 320 g/mol. The Bertz CT molecular complexity index is 607. The Morgan fingerprint density at radius 1 is 1.16 bits per heavy atom. The van der Waals surface area contributed by atoms with E-state index in [0.717, 1.165) is 18.7 Å². The van der Waals surface area contributed by atoms with E-state index in [9.17, 15) is 9.59 Å². The maximum Gasteiger partial charge on any atom is 0.311 e.